The Morgan fingerprint density at radius 2 is 1.86 bits per heavy atom. The molecule has 0 atom stereocenters. The van der Waals surface area contributed by atoms with Crippen LogP contribution in [0.25, 0.3) is 0 Å². The van der Waals surface area contributed by atoms with E-state index in [9.17, 15) is 0 Å². The van der Waals surface area contributed by atoms with Gasteiger partial charge in [-0.15, -0.1) is 0 Å². The summed E-state index contributed by atoms with van der Waals surface area (Å²) in [5.74, 6) is 0. The number of nitrogens with zero attached hydrogens (tertiary/aromatic N) is 2. The lowest BCUT2D eigenvalue weighted by Gasteiger charge is -2.24. The first-order chi connectivity index (χ1) is 6.95. The quantitative estimate of drug-likeness (QED) is 0.701. The Morgan fingerprint density at radius 3 is 2.57 bits per heavy atom. The van der Waals surface area contributed by atoms with Crippen LogP contribution in [0.3, 0.4) is 0 Å². The van der Waals surface area contributed by atoms with Crippen molar-refractivity contribution in [1.29, 1.82) is 0 Å². The molecule has 0 aliphatic carbocycles. The maximum Gasteiger partial charge on any atom is 0.0542 e. The van der Waals surface area contributed by atoms with Crippen LogP contribution in [0.15, 0.2) is 35.4 Å². The Hall–Kier alpha value is -1.35. The number of hydrazone groups is 1. The molecule has 3 nitrogen and oxygen atoms in total. The maximum atomic E-state index is 4.42. The average Bonchev–Trinajstić information content (AvgIpc) is 2.29. The smallest absolute Gasteiger partial charge is 0.0542 e. The third-order valence-electron chi connectivity index (χ3n) is 2.26. The summed E-state index contributed by atoms with van der Waals surface area (Å²) in [6, 6.07) is 10.2. The number of hydrogen-bond donors (Lipinski definition) is 1. The zero-order valence-electron chi connectivity index (χ0n) is 8.19. The van der Waals surface area contributed by atoms with Gasteiger partial charge in [0.15, 0.2) is 0 Å². The lowest BCUT2D eigenvalue weighted by atomic mass is 10.2. The third kappa shape index (κ3) is 2.57. The molecule has 1 saturated heterocycles. The summed E-state index contributed by atoms with van der Waals surface area (Å²) in [5.41, 5.74) is 1.16. The normalized spacial score (nSPS) is 17.6. The van der Waals surface area contributed by atoms with Gasteiger partial charge in [-0.1, -0.05) is 30.3 Å². The van der Waals surface area contributed by atoms with Gasteiger partial charge >= 0.3 is 0 Å². The molecule has 0 radical (unpaired) electrons. The second-order valence-corrected chi connectivity index (χ2v) is 3.36. The van der Waals surface area contributed by atoms with Crippen molar-refractivity contribution < 1.29 is 0 Å². The van der Waals surface area contributed by atoms with E-state index in [4.69, 9.17) is 0 Å². The molecule has 1 aromatic carbocycles. The van der Waals surface area contributed by atoms with Gasteiger partial charge in [0, 0.05) is 26.2 Å². The molecular weight excluding hydrogens is 174 g/mol. The molecule has 0 saturated carbocycles. The van der Waals surface area contributed by atoms with Crippen LogP contribution < -0.4 is 5.32 Å². The minimum absolute atomic E-state index is 1.00. The van der Waals surface area contributed by atoms with E-state index in [0.29, 0.717) is 0 Å². The van der Waals surface area contributed by atoms with Crippen molar-refractivity contribution in [2.75, 3.05) is 26.2 Å². The molecule has 1 N–H and O–H groups in total. The minimum atomic E-state index is 1.00. The van der Waals surface area contributed by atoms with Crippen molar-refractivity contribution in [2.24, 2.45) is 5.10 Å². The predicted molar refractivity (Wildman–Crippen MR) is 58.5 cm³/mol. The molecule has 0 amide bonds. The second kappa shape index (κ2) is 4.77. The van der Waals surface area contributed by atoms with E-state index in [-0.39, 0.29) is 0 Å². The van der Waals surface area contributed by atoms with Crippen molar-refractivity contribution in [3.05, 3.63) is 35.9 Å². The highest BCUT2D eigenvalue weighted by atomic mass is 15.5. The number of benzene rings is 1. The molecular formula is C11H15N3. The van der Waals surface area contributed by atoms with Gasteiger partial charge in [0.25, 0.3) is 0 Å². The van der Waals surface area contributed by atoms with Crippen LogP contribution in [0.2, 0.25) is 0 Å². The highest BCUT2D eigenvalue weighted by Gasteiger charge is 2.04. The van der Waals surface area contributed by atoms with Crippen molar-refractivity contribution >= 4 is 6.21 Å². The highest BCUT2D eigenvalue weighted by Crippen LogP contribution is 1.97. The summed E-state index contributed by atoms with van der Waals surface area (Å²) in [4.78, 5) is 0. The van der Waals surface area contributed by atoms with Crippen LogP contribution >= 0.6 is 0 Å². The standard InChI is InChI=1S/C11H15N3/c1-2-4-11(5-3-1)10-13-14-8-6-12-7-9-14/h1-5,10,12H,6-9H2/b13-10+. The van der Waals surface area contributed by atoms with E-state index in [1.54, 1.807) is 0 Å². The first-order valence-electron chi connectivity index (χ1n) is 5.00. The average molecular weight is 189 g/mol. The molecule has 1 heterocycles. The van der Waals surface area contributed by atoms with E-state index in [1.165, 1.54) is 0 Å². The molecule has 2 rings (SSSR count). The Kier molecular flexibility index (Phi) is 3.14. The summed E-state index contributed by atoms with van der Waals surface area (Å²) < 4.78 is 0. The number of nitrogens with one attached hydrogen (secondary N) is 1. The Balaban J connectivity index is 1.93. The zero-order chi connectivity index (χ0) is 9.64. The number of rotatable bonds is 2. The molecule has 1 fully saturated rings. The summed E-state index contributed by atoms with van der Waals surface area (Å²) in [6.07, 6.45) is 1.92. The molecule has 3 heteroatoms. The fraction of sp³-hybridized carbons (Fsp3) is 0.364. The highest BCUT2D eigenvalue weighted by molar-refractivity contribution is 5.79. The predicted octanol–water partition coefficient (Wildman–Crippen LogP) is 0.926. The molecule has 1 aliphatic heterocycles. The molecule has 74 valence electrons. The van der Waals surface area contributed by atoms with Crippen molar-refractivity contribution in [3.63, 3.8) is 0 Å². The van der Waals surface area contributed by atoms with Gasteiger partial charge in [0.2, 0.25) is 0 Å². The largest absolute Gasteiger partial charge is 0.313 e. The molecule has 14 heavy (non-hydrogen) atoms. The SMILES string of the molecule is C(=N\N1CCNCC1)/c1ccccc1. The van der Waals surface area contributed by atoms with Crippen LogP contribution in [0, 0.1) is 0 Å². The molecule has 0 bridgehead atoms. The summed E-state index contributed by atoms with van der Waals surface area (Å²) >= 11 is 0. The topological polar surface area (TPSA) is 27.6 Å². The summed E-state index contributed by atoms with van der Waals surface area (Å²) in [7, 11) is 0. The van der Waals surface area contributed by atoms with Crippen molar-refractivity contribution in [3.8, 4) is 0 Å². The van der Waals surface area contributed by atoms with E-state index >= 15 is 0 Å². The second-order valence-electron chi connectivity index (χ2n) is 3.36. The van der Waals surface area contributed by atoms with Crippen LogP contribution in [-0.4, -0.2) is 37.4 Å². The fourth-order valence-electron chi connectivity index (χ4n) is 1.46. The van der Waals surface area contributed by atoms with Gasteiger partial charge < -0.3 is 5.32 Å². The maximum absolute atomic E-state index is 4.42. The zero-order valence-corrected chi connectivity index (χ0v) is 8.19. The van der Waals surface area contributed by atoms with Crippen LogP contribution in [0.1, 0.15) is 5.56 Å². The first kappa shape index (κ1) is 9.21. The van der Waals surface area contributed by atoms with E-state index in [0.717, 1.165) is 31.7 Å². The Bertz CT molecular complexity index is 289. The van der Waals surface area contributed by atoms with Crippen molar-refractivity contribution in [2.45, 2.75) is 0 Å². The molecule has 0 aromatic heterocycles. The van der Waals surface area contributed by atoms with Gasteiger partial charge in [-0.2, -0.15) is 5.10 Å². The summed E-state index contributed by atoms with van der Waals surface area (Å²) in [6.45, 7) is 4.07. The number of hydrogen-bond acceptors (Lipinski definition) is 3. The third-order valence-corrected chi connectivity index (χ3v) is 2.26. The lowest BCUT2D eigenvalue weighted by molar-refractivity contribution is 0.253. The van der Waals surface area contributed by atoms with E-state index in [2.05, 4.69) is 27.6 Å². The van der Waals surface area contributed by atoms with Crippen molar-refractivity contribution in [1.82, 2.24) is 10.3 Å². The molecule has 1 aromatic rings. The van der Waals surface area contributed by atoms with Gasteiger partial charge in [0.1, 0.15) is 0 Å². The van der Waals surface area contributed by atoms with Gasteiger partial charge in [-0.3, -0.25) is 5.01 Å². The van der Waals surface area contributed by atoms with Crippen LogP contribution in [-0.2, 0) is 0 Å². The molecule has 1 aliphatic rings. The van der Waals surface area contributed by atoms with Gasteiger partial charge in [-0.25, -0.2) is 0 Å². The molecule has 0 spiro atoms. The van der Waals surface area contributed by atoms with Crippen LogP contribution in [0.5, 0.6) is 0 Å². The Morgan fingerprint density at radius 1 is 1.14 bits per heavy atom. The number of piperazine rings is 1. The minimum Gasteiger partial charge on any atom is -0.313 e. The van der Waals surface area contributed by atoms with E-state index < -0.39 is 0 Å². The first-order valence-corrected chi connectivity index (χ1v) is 5.00. The molecule has 0 unspecified atom stereocenters. The summed E-state index contributed by atoms with van der Waals surface area (Å²) in [5, 5.41) is 9.82. The lowest BCUT2D eigenvalue weighted by Crippen LogP contribution is -2.40. The van der Waals surface area contributed by atoms with Crippen LogP contribution in [0.4, 0.5) is 0 Å². The van der Waals surface area contributed by atoms with E-state index in [1.807, 2.05) is 24.4 Å². The van der Waals surface area contributed by atoms with Gasteiger partial charge in [-0.05, 0) is 5.56 Å². The fourth-order valence-corrected chi connectivity index (χ4v) is 1.46. The Labute approximate surface area is 84.4 Å². The monoisotopic (exact) mass is 189 g/mol. The van der Waals surface area contributed by atoms with Gasteiger partial charge in [0.05, 0.1) is 6.21 Å².